The number of hydrogen-bond donors (Lipinski definition) is 0. The van der Waals surface area contributed by atoms with E-state index in [2.05, 4.69) is 156 Å². The van der Waals surface area contributed by atoms with Crippen LogP contribution in [0.3, 0.4) is 0 Å². The summed E-state index contributed by atoms with van der Waals surface area (Å²) in [5, 5.41) is 13.2. The minimum Gasteiger partial charge on any atom is -0.277 e. The standard InChI is InChI=1S/C42H25N3/c1-4-14-30-26(10-1)12-9-17-34(30)40-36-16-5-7-18-37(36)43-42(44-40)45-38-19-8-6-15-32(38)35-25-22-28-21-23-31-29-13-3-2-11-27(29)20-24-33(31)39(28)41(35)45/h1-25H. The topological polar surface area (TPSA) is 30.7 Å². The van der Waals surface area contributed by atoms with E-state index < -0.39 is 0 Å². The molecule has 0 aliphatic rings. The Morgan fingerprint density at radius 3 is 1.87 bits per heavy atom. The van der Waals surface area contributed by atoms with Gasteiger partial charge >= 0.3 is 0 Å². The van der Waals surface area contributed by atoms with Crippen molar-refractivity contribution in [1.82, 2.24) is 14.5 Å². The van der Waals surface area contributed by atoms with Gasteiger partial charge in [-0.2, -0.15) is 0 Å². The van der Waals surface area contributed by atoms with Gasteiger partial charge in [-0.05, 0) is 49.8 Å². The molecule has 2 aromatic heterocycles. The van der Waals surface area contributed by atoms with E-state index >= 15 is 0 Å². The number of benzene rings is 8. The molecular weight excluding hydrogens is 546 g/mol. The molecule has 0 spiro atoms. The second-order valence-corrected chi connectivity index (χ2v) is 11.8. The van der Waals surface area contributed by atoms with Crippen molar-refractivity contribution < 1.29 is 0 Å². The molecule has 10 rings (SSSR count). The van der Waals surface area contributed by atoms with E-state index in [1.165, 1.54) is 53.9 Å². The minimum absolute atomic E-state index is 0.674. The number of para-hydroxylation sites is 2. The summed E-state index contributed by atoms with van der Waals surface area (Å²) in [5.41, 5.74) is 5.20. The Morgan fingerprint density at radius 1 is 0.378 bits per heavy atom. The molecule has 0 bridgehead atoms. The van der Waals surface area contributed by atoms with Gasteiger partial charge in [-0.1, -0.05) is 140 Å². The van der Waals surface area contributed by atoms with Crippen molar-refractivity contribution in [3.8, 4) is 17.2 Å². The first kappa shape index (κ1) is 24.4. The third-order valence-corrected chi connectivity index (χ3v) is 9.37. The maximum Gasteiger partial charge on any atom is 0.235 e. The summed E-state index contributed by atoms with van der Waals surface area (Å²) in [6.07, 6.45) is 0. The molecule has 2 heterocycles. The maximum atomic E-state index is 5.45. The molecular formula is C42H25N3. The average molecular weight is 572 g/mol. The van der Waals surface area contributed by atoms with Gasteiger partial charge in [0, 0.05) is 27.1 Å². The first-order valence-corrected chi connectivity index (χ1v) is 15.4. The van der Waals surface area contributed by atoms with Crippen LogP contribution in [0.25, 0.3) is 93.0 Å². The van der Waals surface area contributed by atoms with Crippen LogP contribution >= 0.6 is 0 Å². The largest absolute Gasteiger partial charge is 0.277 e. The lowest BCUT2D eigenvalue weighted by Crippen LogP contribution is -2.04. The van der Waals surface area contributed by atoms with Crippen molar-refractivity contribution in [1.29, 1.82) is 0 Å². The van der Waals surface area contributed by atoms with E-state index in [1.807, 2.05) is 0 Å². The zero-order valence-electron chi connectivity index (χ0n) is 24.3. The molecule has 45 heavy (non-hydrogen) atoms. The summed E-state index contributed by atoms with van der Waals surface area (Å²) < 4.78 is 2.29. The van der Waals surface area contributed by atoms with Gasteiger partial charge in [0.15, 0.2) is 0 Å². The molecule has 0 radical (unpaired) electrons. The van der Waals surface area contributed by atoms with Gasteiger partial charge < -0.3 is 0 Å². The summed E-state index contributed by atoms with van der Waals surface area (Å²) in [6, 6.07) is 54.2. The van der Waals surface area contributed by atoms with E-state index in [9.17, 15) is 0 Å². The highest BCUT2D eigenvalue weighted by molar-refractivity contribution is 6.28. The lowest BCUT2D eigenvalue weighted by atomic mass is 9.95. The molecule has 10 aromatic rings. The number of hydrogen-bond acceptors (Lipinski definition) is 2. The molecule has 208 valence electrons. The Labute approximate surface area is 258 Å². The predicted octanol–water partition coefficient (Wildman–Crippen LogP) is 11.0. The third kappa shape index (κ3) is 3.46. The van der Waals surface area contributed by atoms with E-state index in [0.717, 1.165) is 33.2 Å². The monoisotopic (exact) mass is 571 g/mol. The van der Waals surface area contributed by atoms with Crippen molar-refractivity contribution in [2.45, 2.75) is 0 Å². The lowest BCUT2D eigenvalue weighted by molar-refractivity contribution is 1.02. The predicted molar refractivity (Wildman–Crippen MR) is 189 cm³/mol. The van der Waals surface area contributed by atoms with Crippen molar-refractivity contribution in [2.75, 3.05) is 0 Å². The van der Waals surface area contributed by atoms with E-state index in [0.29, 0.717) is 5.95 Å². The molecule has 0 saturated heterocycles. The van der Waals surface area contributed by atoms with Gasteiger partial charge in [-0.15, -0.1) is 0 Å². The van der Waals surface area contributed by atoms with Crippen LogP contribution in [0.2, 0.25) is 0 Å². The smallest absolute Gasteiger partial charge is 0.235 e. The Kier molecular flexibility index (Phi) is 5.00. The number of nitrogens with zero attached hydrogens (tertiary/aromatic N) is 3. The van der Waals surface area contributed by atoms with Crippen LogP contribution in [0.15, 0.2) is 152 Å². The number of fused-ring (bicyclic) bond motifs is 11. The number of aromatic nitrogens is 3. The van der Waals surface area contributed by atoms with Gasteiger partial charge in [0.1, 0.15) is 0 Å². The molecule has 0 aliphatic carbocycles. The first-order valence-electron chi connectivity index (χ1n) is 15.4. The zero-order chi connectivity index (χ0) is 29.5. The molecule has 0 fully saturated rings. The van der Waals surface area contributed by atoms with Crippen molar-refractivity contribution >= 4 is 75.8 Å². The Hall–Kier alpha value is -6.06. The van der Waals surface area contributed by atoms with Crippen molar-refractivity contribution in [2.24, 2.45) is 0 Å². The van der Waals surface area contributed by atoms with Gasteiger partial charge in [0.2, 0.25) is 5.95 Å². The fourth-order valence-electron chi connectivity index (χ4n) is 7.37. The Morgan fingerprint density at radius 2 is 1.00 bits per heavy atom. The summed E-state index contributed by atoms with van der Waals surface area (Å²) in [5.74, 6) is 0.674. The normalized spacial score (nSPS) is 12.0. The summed E-state index contributed by atoms with van der Waals surface area (Å²) in [7, 11) is 0. The Bertz CT molecular complexity index is 2820. The quantitative estimate of drug-likeness (QED) is 0.193. The molecule has 0 atom stereocenters. The fourth-order valence-corrected chi connectivity index (χ4v) is 7.37. The fraction of sp³-hybridized carbons (Fsp3) is 0. The lowest BCUT2D eigenvalue weighted by Gasteiger charge is -2.15. The highest BCUT2D eigenvalue weighted by Crippen LogP contribution is 2.41. The van der Waals surface area contributed by atoms with Gasteiger partial charge in [0.25, 0.3) is 0 Å². The molecule has 3 heteroatoms. The van der Waals surface area contributed by atoms with Crippen LogP contribution in [0.1, 0.15) is 0 Å². The number of rotatable bonds is 2. The second-order valence-electron chi connectivity index (χ2n) is 11.8. The molecule has 3 nitrogen and oxygen atoms in total. The SMILES string of the molecule is c1ccc2c(-c3nc(-n4c5ccccc5c5ccc6ccc7c8ccccc8ccc7c6c54)nc4ccccc34)cccc2c1. The minimum atomic E-state index is 0.674. The van der Waals surface area contributed by atoms with E-state index in [1.54, 1.807) is 0 Å². The Balaban J connectivity index is 1.40. The zero-order valence-corrected chi connectivity index (χ0v) is 24.3. The molecule has 0 saturated carbocycles. The average Bonchev–Trinajstić information content (AvgIpc) is 3.45. The van der Waals surface area contributed by atoms with Crippen LogP contribution in [-0.4, -0.2) is 14.5 Å². The van der Waals surface area contributed by atoms with Gasteiger partial charge in [-0.3, -0.25) is 4.57 Å². The highest BCUT2D eigenvalue weighted by Gasteiger charge is 2.20. The summed E-state index contributed by atoms with van der Waals surface area (Å²) in [6.45, 7) is 0. The van der Waals surface area contributed by atoms with E-state index in [4.69, 9.17) is 9.97 Å². The first-order chi connectivity index (χ1) is 22.3. The van der Waals surface area contributed by atoms with Crippen molar-refractivity contribution in [3.05, 3.63) is 152 Å². The van der Waals surface area contributed by atoms with Crippen LogP contribution in [0, 0.1) is 0 Å². The molecule has 0 N–H and O–H groups in total. The summed E-state index contributed by atoms with van der Waals surface area (Å²) >= 11 is 0. The van der Waals surface area contributed by atoms with Crippen LogP contribution in [0.5, 0.6) is 0 Å². The van der Waals surface area contributed by atoms with Crippen LogP contribution < -0.4 is 0 Å². The molecule has 0 aliphatic heterocycles. The second kappa shape index (κ2) is 9.22. The van der Waals surface area contributed by atoms with Crippen LogP contribution in [0.4, 0.5) is 0 Å². The molecule has 8 aromatic carbocycles. The van der Waals surface area contributed by atoms with Gasteiger partial charge in [0.05, 0.1) is 22.2 Å². The maximum absolute atomic E-state index is 5.45. The van der Waals surface area contributed by atoms with Crippen molar-refractivity contribution in [3.63, 3.8) is 0 Å². The third-order valence-electron chi connectivity index (χ3n) is 9.37. The van der Waals surface area contributed by atoms with Crippen LogP contribution in [-0.2, 0) is 0 Å². The molecule has 0 unspecified atom stereocenters. The molecule has 0 amide bonds. The highest BCUT2D eigenvalue weighted by atomic mass is 15.2. The van der Waals surface area contributed by atoms with E-state index in [-0.39, 0.29) is 0 Å². The summed E-state index contributed by atoms with van der Waals surface area (Å²) in [4.78, 5) is 10.7. The van der Waals surface area contributed by atoms with Gasteiger partial charge in [-0.25, -0.2) is 9.97 Å².